The lowest BCUT2D eigenvalue weighted by Crippen LogP contribution is -2.48. The molecular weight excluding hydrogens is 266 g/mol. The van der Waals surface area contributed by atoms with Crippen LogP contribution in [0.15, 0.2) is 37.2 Å². The summed E-state index contributed by atoms with van der Waals surface area (Å²) in [4.78, 5) is 18.8. The van der Waals surface area contributed by atoms with Gasteiger partial charge >= 0.3 is 0 Å². The third-order valence-electron chi connectivity index (χ3n) is 4.20. The van der Waals surface area contributed by atoms with Crippen molar-refractivity contribution in [2.75, 3.05) is 6.54 Å². The summed E-state index contributed by atoms with van der Waals surface area (Å²) in [6.07, 6.45) is 12.3. The van der Waals surface area contributed by atoms with E-state index in [4.69, 9.17) is 0 Å². The third-order valence-corrected chi connectivity index (χ3v) is 4.20. The lowest BCUT2D eigenvalue weighted by molar-refractivity contribution is -0.138. The number of piperidine rings is 1. The van der Waals surface area contributed by atoms with Gasteiger partial charge in [0.1, 0.15) is 6.04 Å². The fraction of sp³-hybridized carbons (Fsp3) is 0.533. The number of hydrogen-bond donors (Lipinski definition) is 0. The maximum absolute atomic E-state index is 12.8. The molecule has 0 aliphatic carbocycles. The predicted molar refractivity (Wildman–Crippen MR) is 78.5 cm³/mol. The Labute approximate surface area is 124 Å². The van der Waals surface area contributed by atoms with Crippen molar-refractivity contribution < 1.29 is 4.79 Å². The fourth-order valence-electron chi connectivity index (χ4n) is 2.97. The zero-order valence-corrected chi connectivity index (χ0v) is 12.3. The summed E-state index contributed by atoms with van der Waals surface area (Å²) in [6, 6.07) is 1.95. The average molecular weight is 287 g/mol. The molecule has 0 aromatic carbocycles. The molecule has 1 aliphatic heterocycles. The lowest BCUT2D eigenvalue weighted by Gasteiger charge is -2.37. The number of carbonyl (C=O) groups excluding carboxylic acids is 1. The number of hydrogen-bond acceptors (Lipinski definition) is 3. The van der Waals surface area contributed by atoms with Gasteiger partial charge in [-0.2, -0.15) is 5.10 Å². The number of likely N-dealkylation sites (tertiary alicyclic amines) is 1. The highest BCUT2D eigenvalue weighted by atomic mass is 16.2. The Morgan fingerprint density at radius 2 is 2.24 bits per heavy atom. The molecule has 0 saturated carbocycles. The van der Waals surface area contributed by atoms with E-state index in [-0.39, 0.29) is 18.0 Å². The Morgan fingerprint density at radius 1 is 1.33 bits per heavy atom. The molecule has 21 heavy (non-hydrogen) atoms. The van der Waals surface area contributed by atoms with E-state index < -0.39 is 0 Å². The normalized spacial score (nSPS) is 20.4. The number of rotatable bonds is 4. The molecule has 1 amide bonds. The molecular formula is C15H21N5O. The molecule has 0 bridgehead atoms. The van der Waals surface area contributed by atoms with Gasteiger partial charge in [0.25, 0.3) is 0 Å². The first-order valence-electron chi connectivity index (χ1n) is 7.51. The number of imidazole rings is 1. The Hall–Kier alpha value is -2.11. The summed E-state index contributed by atoms with van der Waals surface area (Å²) in [5, 5.41) is 4.26. The lowest BCUT2D eigenvalue weighted by atomic mass is 10.0. The van der Waals surface area contributed by atoms with E-state index in [0.29, 0.717) is 0 Å². The van der Waals surface area contributed by atoms with Crippen molar-refractivity contribution in [3.8, 4) is 0 Å². The van der Waals surface area contributed by atoms with Crippen LogP contribution in [0, 0.1) is 0 Å². The first-order chi connectivity index (χ1) is 10.3. The third kappa shape index (κ3) is 2.99. The molecule has 2 atom stereocenters. The van der Waals surface area contributed by atoms with Crippen molar-refractivity contribution in [2.24, 2.45) is 0 Å². The number of aromatic nitrogens is 4. The van der Waals surface area contributed by atoms with Gasteiger partial charge in [-0.15, -0.1) is 0 Å². The van der Waals surface area contributed by atoms with E-state index in [0.717, 1.165) is 25.9 Å². The molecule has 1 saturated heterocycles. The van der Waals surface area contributed by atoms with E-state index in [1.807, 2.05) is 39.5 Å². The van der Waals surface area contributed by atoms with E-state index in [2.05, 4.69) is 10.1 Å². The molecule has 0 spiro atoms. The summed E-state index contributed by atoms with van der Waals surface area (Å²) >= 11 is 0. The largest absolute Gasteiger partial charge is 0.336 e. The van der Waals surface area contributed by atoms with Crippen LogP contribution < -0.4 is 0 Å². The quantitative estimate of drug-likeness (QED) is 0.860. The molecule has 0 unspecified atom stereocenters. The Bertz CT molecular complexity index is 563. The molecule has 0 N–H and O–H groups in total. The van der Waals surface area contributed by atoms with Crippen molar-refractivity contribution in [2.45, 2.75) is 44.8 Å². The van der Waals surface area contributed by atoms with Crippen molar-refractivity contribution in [3.05, 3.63) is 37.2 Å². The fourth-order valence-corrected chi connectivity index (χ4v) is 2.97. The molecule has 112 valence electrons. The van der Waals surface area contributed by atoms with Gasteiger partial charge in [0.05, 0.1) is 18.9 Å². The van der Waals surface area contributed by atoms with Gasteiger partial charge in [-0.05, 0) is 32.3 Å². The van der Waals surface area contributed by atoms with Gasteiger partial charge in [-0.25, -0.2) is 4.98 Å². The second kappa shape index (κ2) is 6.11. The summed E-state index contributed by atoms with van der Waals surface area (Å²) in [6.45, 7) is 3.54. The minimum Gasteiger partial charge on any atom is -0.336 e. The van der Waals surface area contributed by atoms with Crippen LogP contribution >= 0.6 is 0 Å². The van der Waals surface area contributed by atoms with Crippen LogP contribution in [0.2, 0.25) is 0 Å². The molecule has 3 rings (SSSR count). The van der Waals surface area contributed by atoms with Crippen LogP contribution in [0.4, 0.5) is 0 Å². The molecule has 2 aromatic rings. The van der Waals surface area contributed by atoms with Crippen LogP contribution in [-0.4, -0.2) is 42.7 Å². The smallest absolute Gasteiger partial charge is 0.245 e. The maximum atomic E-state index is 12.8. The average Bonchev–Trinajstić information content (AvgIpc) is 3.19. The minimum atomic E-state index is -0.203. The van der Waals surface area contributed by atoms with Crippen molar-refractivity contribution in [1.29, 1.82) is 0 Å². The maximum Gasteiger partial charge on any atom is 0.245 e. The zero-order valence-electron chi connectivity index (χ0n) is 12.3. The number of amides is 1. The van der Waals surface area contributed by atoms with E-state index in [9.17, 15) is 4.79 Å². The first-order valence-corrected chi connectivity index (χ1v) is 7.51. The summed E-state index contributed by atoms with van der Waals surface area (Å²) in [5.41, 5.74) is 0. The zero-order chi connectivity index (χ0) is 14.7. The topological polar surface area (TPSA) is 56.0 Å². The first kappa shape index (κ1) is 13.9. The Balaban J connectivity index is 1.72. The summed E-state index contributed by atoms with van der Waals surface area (Å²) < 4.78 is 3.78. The van der Waals surface area contributed by atoms with Crippen molar-refractivity contribution in [1.82, 2.24) is 24.2 Å². The molecule has 2 aromatic heterocycles. The highest BCUT2D eigenvalue weighted by Gasteiger charge is 2.30. The molecule has 6 heteroatoms. The highest BCUT2D eigenvalue weighted by molar-refractivity contribution is 5.80. The molecule has 0 radical (unpaired) electrons. The summed E-state index contributed by atoms with van der Waals surface area (Å²) in [5.74, 6) is 0.171. The molecule has 1 fully saturated rings. The monoisotopic (exact) mass is 287 g/mol. The van der Waals surface area contributed by atoms with Gasteiger partial charge in [-0.1, -0.05) is 0 Å². The van der Waals surface area contributed by atoms with Crippen LogP contribution in [0.25, 0.3) is 0 Å². The molecule has 3 heterocycles. The van der Waals surface area contributed by atoms with Gasteiger partial charge in [0.15, 0.2) is 0 Å². The van der Waals surface area contributed by atoms with Gasteiger partial charge in [0.2, 0.25) is 5.91 Å². The van der Waals surface area contributed by atoms with Crippen LogP contribution in [0.3, 0.4) is 0 Å². The number of nitrogens with zero attached hydrogens (tertiary/aromatic N) is 5. The van der Waals surface area contributed by atoms with Gasteiger partial charge < -0.3 is 9.47 Å². The van der Waals surface area contributed by atoms with E-state index >= 15 is 0 Å². The standard InChI is InChI=1S/C15H21N5O/c1-13(18-10-7-16-12-18)15(21)20-9-3-2-5-14(20)11-19-8-4-6-17-19/h4,6-8,10,12-14H,2-3,5,9,11H2,1H3/t13-,14-/m0/s1. The Kier molecular flexibility index (Phi) is 4.03. The van der Waals surface area contributed by atoms with Crippen LogP contribution in [0.1, 0.15) is 32.2 Å². The van der Waals surface area contributed by atoms with Crippen molar-refractivity contribution >= 4 is 5.91 Å². The summed E-state index contributed by atoms with van der Waals surface area (Å²) in [7, 11) is 0. The van der Waals surface area contributed by atoms with Gasteiger partial charge in [-0.3, -0.25) is 9.48 Å². The van der Waals surface area contributed by atoms with Crippen molar-refractivity contribution in [3.63, 3.8) is 0 Å². The van der Waals surface area contributed by atoms with Crippen LogP contribution in [-0.2, 0) is 11.3 Å². The second-order valence-corrected chi connectivity index (χ2v) is 5.60. The highest BCUT2D eigenvalue weighted by Crippen LogP contribution is 2.22. The Morgan fingerprint density at radius 3 is 2.95 bits per heavy atom. The van der Waals surface area contributed by atoms with E-state index in [1.54, 1.807) is 18.7 Å². The van der Waals surface area contributed by atoms with Crippen LogP contribution in [0.5, 0.6) is 0 Å². The molecule has 1 aliphatic rings. The predicted octanol–water partition coefficient (Wildman–Crippen LogP) is 1.72. The minimum absolute atomic E-state index is 0.171. The second-order valence-electron chi connectivity index (χ2n) is 5.60. The van der Waals surface area contributed by atoms with Gasteiger partial charge in [0, 0.05) is 31.3 Å². The number of carbonyl (C=O) groups is 1. The molecule has 6 nitrogen and oxygen atoms in total. The SMILES string of the molecule is C[C@@H](C(=O)N1CCCC[C@H]1Cn1cccn1)n1ccnc1. The van der Waals surface area contributed by atoms with E-state index in [1.165, 1.54) is 6.42 Å².